The van der Waals surface area contributed by atoms with Crippen molar-refractivity contribution in [3.8, 4) is 5.75 Å². The molecule has 146 valence electrons. The molecular formula is C21H29N3O3. The van der Waals surface area contributed by atoms with Gasteiger partial charge in [-0.15, -0.1) is 0 Å². The zero-order valence-corrected chi connectivity index (χ0v) is 16.2. The van der Waals surface area contributed by atoms with Gasteiger partial charge < -0.3 is 24.6 Å². The summed E-state index contributed by atoms with van der Waals surface area (Å²) < 4.78 is 7.74. The number of rotatable bonds is 4. The van der Waals surface area contributed by atoms with Crippen molar-refractivity contribution < 1.29 is 14.6 Å². The summed E-state index contributed by atoms with van der Waals surface area (Å²) in [7, 11) is 1.95. The lowest BCUT2D eigenvalue weighted by Gasteiger charge is -2.33. The van der Waals surface area contributed by atoms with Crippen molar-refractivity contribution >= 4 is 16.8 Å². The molecule has 0 bridgehead atoms. The molecule has 3 heterocycles. The number of likely N-dealkylation sites (tertiary alicyclic amines) is 1. The van der Waals surface area contributed by atoms with Crippen LogP contribution in [0.1, 0.15) is 41.7 Å². The summed E-state index contributed by atoms with van der Waals surface area (Å²) in [6.07, 6.45) is 4.67. The molecule has 6 nitrogen and oxygen atoms in total. The van der Waals surface area contributed by atoms with Crippen LogP contribution in [0.25, 0.3) is 10.9 Å². The smallest absolute Gasteiger partial charge is 0.253 e. The van der Waals surface area contributed by atoms with Gasteiger partial charge in [0.05, 0.1) is 11.7 Å². The third kappa shape index (κ3) is 3.69. The number of aryl methyl sites for hydroxylation is 1. The first kappa shape index (κ1) is 18.3. The van der Waals surface area contributed by atoms with Crippen LogP contribution >= 0.6 is 0 Å². The van der Waals surface area contributed by atoms with E-state index in [0.29, 0.717) is 11.7 Å². The summed E-state index contributed by atoms with van der Waals surface area (Å²) in [5, 5.41) is 13.9. The summed E-state index contributed by atoms with van der Waals surface area (Å²) in [5.74, 6) is 0.144. The normalized spacial score (nSPS) is 21.8. The molecule has 1 aromatic carbocycles. The van der Waals surface area contributed by atoms with Gasteiger partial charge in [0.2, 0.25) is 0 Å². The molecule has 0 aliphatic carbocycles. The van der Waals surface area contributed by atoms with E-state index in [-0.39, 0.29) is 17.7 Å². The number of amides is 1. The fourth-order valence-corrected chi connectivity index (χ4v) is 4.44. The van der Waals surface area contributed by atoms with Crippen molar-refractivity contribution in [2.45, 2.75) is 44.8 Å². The van der Waals surface area contributed by atoms with Gasteiger partial charge in [-0.2, -0.15) is 0 Å². The van der Waals surface area contributed by atoms with Gasteiger partial charge in [-0.25, -0.2) is 0 Å². The summed E-state index contributed by atoms with van der Waals surface area (Å²) in [6, 6.07) is 5.40. The highest BCUT2D eigenvalue weighted by Gasteiger charge is 2.26. The molecule has 27 heavy (non-hydrogen) atoms. The summed E-state index contributed by atoms with van der Waals surface area (Å²) in [6.45, 7) is 5.87. The second-order valence-electron chi connectivity index (χ2n) is 7.90. The van der Waals surface area contributed by atoms with Crippen molar-refractivity contribution in [1.29, 1.82) is 0 Å². The van der Waals surface area contributed by atoms with Gasteiger partial charge in [0.15, 0.2) is 0 Å². The Morgan fingerprint density at radius 1 is 1.30 bits per heavy atom. The van der Waals surface area contributed by atoms with Crippen LogP contribution in [0.2, 0.25) is 0 Å². The van der Waals surface area contributed by atoms with Crippen LogP contribution in [0, 0.1) is 6.92 Å². The Kier molecular flexibility index (Phi) is 5.10. The lowest BCUT2D eigenvalue weighted by molar-refractivity contribution is 0.0613. The van der Waals surface area contributed by atoms with Crippen molar-refractivity contribution in [3.05, 3.63) is 29.5 Å². The maximum atomic E-state index is 13.0. The van der Waals surface area contributed by atoms with Gasteiger partial charge in [0, 0.05) is 55.9 Å². The average molecular weight is 371 g/mol. The fraction of sp³-hybridized carbons (Fsp3) is 0.571. The molecule has 1 aromatic heterocycles. The monoisotopic (exact) mass is 371 g/mol. The number of phenols is 1. The first-order valence-electron chi connectivity index (χ1n) is 9.95. The number of fused-ring (bicyclic) bond motifs is 1. The van der Waals surface area contributed by atoms with E-state index in [1.807, 2.05) is 24.6 Å². The summed E-state index contributed by atoms with van der Waals surface area (Å²) in [4.78, 5) is 15.5. The molecule has 2 aliphatic heterocycles. The Balaban J connectivity index is 1.41. The van der Waals surface area contributed by atoms with Crippen LogP contribution < -0.4 is 5.32 Å². The predicted octanol–water partition coefficient (Wildman–Crippen LogP) is 2.57. The number of aromatic nitrogens is 1. The Morgan fingerprint density at radius 3 is 2.78 bits per heavy atom. The molecular weight excluding hydrogens is 342 g/mol. The third-order valence-corrected chi connectivity index (χ3v) is 6.11. The molecule has 0 spiro atoms. The molecule has 4 rings (SSSR count). The van der Waals surface area contributed by atoms with Gasteiger partial charge in [0.25, 0.3) is 5.91 Å². The van der Waals surface area contributed by atoms with Crippen LogP contribution in [0.15, 0.2) is 18.2 Å². The quantitative estimate of drug-likeness (QED) is 0.867. The van der Waals surface area contributed by atoms with E-state index in [0.717, 1.165) is 55.7 Å². The lowest BCUT2D eigenvalue weighted by atomic mass is 10.0. The topological polar surface area (TPSA) is 66.7 Å². The van der Waals surface area contributed by atoms with E-state index in [9.17, 15) is 9.90 Å². The first-order chi connectivity index (χ1) is 13.0. The standard InChI is InChI=1S/C21H29N3O3/c1-14-20(18-12-16(25)5-6-19(18)23(14)2)21(26)22-15-7-9-24(10-8-15)13-17-4-3-11-27-17/h5-6,12,15,17,25H,3-4,7-11,13H2,1-2H3,(H,22,26). The van der Waals surface area contributed by atoms with Gasteiger partial charge in [-0.1, -0.05) is 0 Å². The van der Waals surface area contributed by atoms with E-state index in [2.05, 4.69) is 10.2 Å². The number of nitrogens with one attached hydrogen (secondary N) is 1. The lowest BCUT2D eigenvalue weighted by Crippen LogP contribution is -2.46. The molecule has 2 aliphatic rings. The zero-order chi connectivity index (χ0) is 19.0. The fourth-order valence-electron chi connectivity index (χ4n) is 4.44. The van der Waals surface area contributed by atoms with Crippen LogP contribution in [0.4, 0.5) is 0 Å². The predicted molar refractivity (Wildman–Crippen MR) is 105 cm³/mol. The van der Waals surface area contributed by atoms with Crippen LogP contribution in [0.3, 0.4) is 0 Å². The Hall–Kier alpha value is -2.05. The molecule has 0 radical (unpaired) electrons. The minimum Gasteiger partial charge on any atom is -0.508 e. The van der Waals surface area contributed by atoms with Crippen molar-refractivity contribution in [2.24, 2.45) is 7.05 Å². The van der Waals surface area contributed by atoms with Crippen LogP contribution in [-0.4, -0.2) is 58.9 Å². The Labute approximate surface area is 160 Å². The SMILES string of the molecule is Cc1c(C(=O)NC2CCN(CC3CCCO3)CC2)c2cc(O)ccc2n1C. The maximum absolute atomic E-state index is 13.0. The van der Waals surface area contributed by atoms with Gasteiger partial charge in [-0.3, -0.25) is 4.79 Å². The van der Waals surface area contributed by atoms with Crippen molar-refractivity contribution in [2.75, 3.05) is 26.2 Å². The number of nitrogens with zero attached hydrogens (tertiary/aromatic N) is 2. The van der Waals surface area contributed by atoms with Gasteiger partial charge in [0.1, 0.15) is 5.75 Å². The number of hydrogen-bond acceptors (Lipinski definition) is 4. The largest absolute Gasteiger partial charge is 0.508 e. The molecule has 1 atom stereocenters. The summed E-state index contributed by atoms with van der Waals surface area (Å²) in [5.41, 5.74) is 2.55. The number of hydrogen-bond donors (Lipinski definition) is 2. The molecule has 2 saturated heterocycles. The van der Waals surface area contributed by atoms with E-state index >= 15 is 0 Å². The zero-order valence-electron chi connectivity index (χ0n) is 16.2. The van der Waals surface area contributed by atoms with Crippen LogP contribution in [0.5, 0.6) is 5.75 Å². The minimum absolute atomic E-state index is 0.0405. The minimum atomic E-state index is -0.0405. The molecule has 1 unspecified atom stereocenters. The number of aromatic hydroxyl groups is 1. The highest BCUT2D eigenvalue weighted by molar-refractivity contribution is 6.08. The Morgan fingerprint density at radius 2 is 2.07 bits per heavy atom. The molecule has 2 aromatic rings. The number of carbonyl (C=O) groups excluding carboxylic acids is 1. The number of carbonyl (C=O) groups is 1. The number of benzene rings is 1. The number of phenolic OH excluding ortho intramolecular Hbond substituents is 1. The van der Waals surface area contributed by atoms with Gasteiger partial charge >= 0.3 is 0 Å². The number of ether oxygens (including phenoxy) is 1. The molecule has 6 heteroatoms. The second-order valence-corrected chi connectivity index (χ2v) is 7.90. The van der Waals surface area contributed by atoms with E-state index < -0.39 is 0 Å². The van der Waals surface area contributed by atoms with Gasteiger partial charge in [-0.05, 0) is 50.8 Å². The average Bonchev–Trinajstić information content (AvgIpc) is 3.24. The second kappa shape index (κ2) is 7.52. The molecule has 0 saturated carbocycles. The molecule has 1 amide bonds. The van der Waals surface area contributed by atoms with Crippen LogP contribution in [-0.2, 0) is 11.8 Å². The van der Waals surface area contributed by atoms with Crippen molar-refractivity contribution in [3.63, 3.8) is 0 Å². The molecule has 2 N–H and O–H groups in total. The van der Waals surface area contributed by atoms with E-state index in [1.165, 1.54) is 12.8 Å². The van der Waals surface area contributed by atoms with E-state index in [1.54, 1.807) is 12.1 Å². The first-order valence-corrected chi connectivity index (χ1v) is 9.95. The highest BCUT2D eigenvalue weighted by Crippen LogP contribution is 2.28. The maximum Gasteiger partial charge on any atom is 0.253 e. The molecule has 2 fully saturated rings. The summed E-state index contributed by atoms with van der Waals surface area (Å²) >= 11 is 0. The highest BCUT2D eigenvalue weighted by atomic mass is 16.5. The Bertz CT molecular complexity index is 831. The van der Waals surface area contributed by atoms with Crippen molar-refractivity contribution in [1.82, 2.24) is 14.8 Å². The number of piperidine rings is 1. The van der Waals surface area contributed by atoms with E-state index in [4.69, 9.17) is 4.74 Å². The third-order valence-electron chi connectivity index (χ3n) is 6.11.